The Morgan fingerprint density at radius 3 is 2.44 bits per heavy atom. The Bertz CT molecular complexity index is 785. The van der Waals surface area contributed by atoms with E-state index in [1.807, 2.05) is 50.2 Å². The van der Waals surface area contributed by atoms with E-state index in [0.717, 1.165) is 11.3 Å². The Labute approximate surface area is 161 Å². The normalized spacial score (nSPS) is 10.7. The van der Waals surface area contributed by atoms with E-state index >= 15 is 0 Å². The molecule has 2 rings (SSSR count). The standard InChI is InChI=1S/C22H28N2O3/c1-15(2)14-27-20-10-6-8-18(12-20)22(26)23-13-17-7-5-9-19(11-17)24-21(25)16(3)4/h5-12,15-16H,13-14H2,1-4H3,(H,23,26)(H,24,25). The van der Waals surface area contributed by atoms with E-state index in [9.17, 15) is 9.59 Å². The number of rotatable bonds is 8. The molecule has 0 spiro atoms. The first kappa shape index (κ1) is 20.5. The zero-order valence-corrected chi connectivity index (χ0v) is 16.4. The van der Waals surface area contributed by atoms with Crippen LogP contribution in [0.3, 0.4) is 0 Å². The molecule has 2 aromatic carbocycles. The molecule has 0 radical (unpaired) electrons. The average Bonchev–Trinajstić information content (AvgIpc) is 2.65. The van der Waals surface area contributed by atoms with Gasteiger partial charge < -0.3 is 15.4 Å². The topological polar surface area (TPSA) is 67.4 Å². The lowest BCUT2D eigenvalue weighted by molar-refractivity contribution is -0.118. The minimum absolute atomic E-state index is 0.0330. The summed E-state index contributed by atoms with van der Waals surface area (Å²) in [5.41, 5.74) is 2.20. The Morgan fingerprint density at radius 2 is 1.74 bits per heavy atom. The molecule has 2 amide bonds. The molecule has 144 valence electrons. The number of ether oxygens (including phenoxy) is 1. The molecule has 0 aromatic heterocycles. The quantitative estimate of drug-likeness (QED) is 0.732. The van der Waals surface area contributed by atoms with Crippen LogP contribution in [0, 0.1) is 11.8 Å². The molecule has 0 saturated heterocycles. The van der Waals surface area contributed by atoms with Crippen LogP contribution in [0.5, 0.6) is 5.75 Å². The lowest BCUT2D eigenvalue weighted by Gasteiger charge is -2.11. The second-order valence-electron chi connectivity index (χ2n) is 7.26. The van der Waals surface area contributed by atoms with Crippen molar-refractivity contribution in [3.63, 3.8) is 0 Å². The second-order valence-corrected chi connectivity index (χ2v) is 7.26. The first-order valence-corrected chi connectivity index (χ1v) is 9.26. The highest BCUT2D eigenvalue weighted by Crippen LogP contribution is 2.15. The molecule has 0 fully saturated rings. The number of amides is 2. The molecular formula is C22H28N2O3. The molecule has 0 aliphatic heterocycles. The summed E-state index contributed by atoms with van der Waals surface area (Å²) in [5, 5.41) is 5.77. The number of nitrogens with one attached hydrogen (secondary N) is 2. The molecule has 0 saturated carbocycles. The summed E-state index contributed by atoms with van der Waals surface area (Å²) in [4.78, 5) is 24.2. The van der Waals surface area contributed by atoms with Gasteiger partial charge in [-0.25, -0.2) is 0 Å². The highest BCUT2D eigenvalue weighted by atomic mass is 16.5. The lowest BCUT2D eigenvalue weighted by atomic mass is 10.1. The molecule has 0 bridgehead atoms. The summed E-state index contributed by atoms with van der Waals surface area (Å²) in [6.07, 6.45) is 0. The predicted molar refractivity (Wildman–Crippen MR) is 108 cm³/mol. The van der Waals surface area contributed by atoms with Gasteiger partial charge in [-0.2, -0.15) is 0 Å². The first-order valence-electron chi connectivity index (χ1n) is 9.26. The minimum atomic E-state index is -0.165. The molecular weight excluding hydrogens is 340 g/mol. The first-order chi connectivity index (χ1) is 12.8. The van der Waals surface area contributed by atoms with Crippen LogP contribution in [0.4, 0.5) is 5.69 Å². The highest BCUT2D eigenvalue weighted by Gasteiger charge is 2.09. The fourth-order valence-corrected chi connectivity index (χ4v) is 2.32. The molecule has 5 heteroatoms. The van der Waals surface area contributed by atoms with Crippen molar-refractivity contribution in [3.8, 4) is 5.75 Å². The zero-order valence-electron chi connectivity index (χ0n) is 16.4. The van der Waals surface area contributed by atoms with Gasteiger partial charge in [-0.15, -0.1) is 0 Å². The third kappa shape index (κ3) is 6.77. The van der Waals surface area contributed by atoms with Gasteiger partial charge in [0, 0.05) is 23.7 Å². The molecule has 2 N–H and O–H groups in total. The Balaban J connectivity index is 1.95. The van der Waals surface area contributed by atoms with E-state index in [0.29, 0.717) is 30.4 Å². The molecule has 2 aromatic rings. The van der Waals surface area contributed by atoms with E-state index in [-0.39, 0.29) is 17.7 Å². The van der Waals surface area contributed by atoms with E-state index in [1.54, 1.807) is 12.1 Å². The summed E-state index contributed by atoms with van der Waals surface area (Å²) in [5.74, 6) is 0.829. The van der Waals surface area contributed by atoms with Crippen LogP contribution in [0.2, 0.25) is 0 Å². The Morgan fingerprint density at radius 1 is 1.00 bits per heavy atom. The molecule has 0 unspecified atom stereocenters. The molecule has 0 aliphatic rings. The van der Waals surface area contributed by atoms with Crippen molar-refractivity contribution in [2.75, 3.05) is 11.9 Å². The molecule has 0 atom stereocenters. The summed E-state index contributed by atoms with van der Waals surface area (Å²) in [6, 6.07) is 14.6. The number of benzene rings is 2. The van der Waals surface area contributed by atoms with Crippen LogP contribution in [0.15, 0.2) is 48.5 Å². The van der Waals surface area contributed by atoms with Crippen molar-refractivity contribution < 1.29 is 14.3 Å². The average molecular weight is 368 g/mol. The summed E-state index contributed by atoms with van der Waals surface area (Å²) < 4.78 is 5.67. The van der Waals surface area contributed by atoms with Gasteiger partial charge in [-0.1, -0.05) is 45.9 Å². The predicted octanol–water partition coefficient (Wildman–Crippen LogP) is 4.25. The SMILES string of the molecule is CC(C)COc1cccc(C(=O)NCc2cccc(NC(=O)C(C)C)c2)c1. The van der Waals surface area contributed by atoms with Crippen LogP contribution in [-0.4, -0.2) is 18.4 Å². The molecule has 0 aliphatic carbocycles. The van der Waals surface area contributed by atoms with Gasteiger partial charge >= 0.3 is 0 Å². The maximum Gasteiger partial charge on any atom is 0.251 e. The van der Waals surface area contributed by atoms with Crippen LogP contribution in [0.25, 0.3) is 0 Å². The lowest BCUT2D eigenvalue weighted by Crippen LogP contribution is -2.23. The van der Waals surface area contributed by atoms with Gasteiger partial charge in [0.05, 0.1) is 6.61 Å². The highest BCUT2D eigenvalue weighted by molar-refractivity contribution is 5.94. The summed E-state index contributed by atoms with van der Waals surface area (Å²) in [6.45, 7) is 8.83. The number of carbonyl (C=O) groups excluding carboxylic acids is 2. The van der Waals surface area contributed by atoms with E-state index in [4.69, 9.17) is 4.74 Å². The number of anilines is 1. The third-order valence-electron chi connectivity index (χ3n) is 3.85. The third-order valence-corrected chi connectivity index (χ3v) is 3.85. The largest absolute Gasteiger partial charge is 0.493 e. The van der Waals surface area contributed by atoms with Gasteiger partial charge in [0.1, 0.15) is 5.75 Å². The smallest absolute Gasteiger partial charge is 0.251 e. The van der Waals surface area contributed by atoms with Gasteiger partial charge in [-0.05, 0) is 41.8 Å². The van der Waals surface area contributed by atoms with E-state index in [2.05, 4.69) is 24.5 Å². The van der Waals surface area contributed by atoms with Gasteiger partial charge in [0.15, 0.2) is 0 Å². The van der Waals surface area contributed by atoms with E-state index < -0.39 is 0 Å². The monoisotopic (exact) mass is 368 g/mol. The van der Waals surface area contributed by atoms with Gasteiger partial charge in [-0.3, -0.25) is 9.59 Å². The Kier molecular flexibility index (Phi) is 7.41. The fourth-order valence-electron chi connectivity index (χ4n) is 2.32. The van der Waals surface area contributed by atoms with Gasteiger partial charge in [0.2, 0.25) is 5.91 Å². The van der Waals surface area contributed by atoms with Crippen molar-refractivity contribution >= 4 is 17.5 Å². The fraction of sp³-hybridized carbons (Fsp3) is 0.364. The zero-order chi connectivity index (χ0) is 19.8. The van der Waals surface area contributed by atoms with Crippen molar-refractivity contribution in [3.05, 3.63) is 59.7 Å². The van der Waals surface area contributed by atoms with Gasteiger partial charge in [0.25, 0.3) is 5.91 Å². The van der Waals surface area contributed by atoms with Crippen molar-refractivity contribution in [2.24, 2.45) is 11.8 Å². The van der Waals surface area contributed by atoms with Crippen molar-refractivity contribution in [1.82, 2.24) is 5.32 Å². The van der Waals surface area contributed by atoms with Crippen molar-refractivity contribution in [1.29, 1.82) is 0 Å². The second kappa shape index (κ2) is 9.76. The summed E-state index contributed by atoms with van der Waals surface area (Å²) >= 11 is 0. The number of hydrogen-bond acceptors (Lipinski definition) is 3. The molecule has 27 heavy (non-hydrogen) atoms. The maximum absolute atomic E-state index is 12.4. The van der Waals surface area contributed by atoms with Crippen LogP contribution in [-0.2, 0) is 11.3 Å². The maximum atomic E-state index is 12.4. The van der Waals surface area contributed by atoms with Crippen LogP contribution < -0.4 is 15.4 Å². The van der Waals surface area contributed by atoms with Crippen molar-refractivity contribution in [2.45, 2.75) is 34.2 Å². The number of hydrogen-bond donors (Lipinski definition) is 2. The summed E-state index contributed by atoms with van der Waals surface area (Å²) in [7, 11) is 0. The van der Waals surface area contributed by atoms with Crippen LogP contribution in [0.1, 0.15) is 43.6 Å². The number of carbonyl (C=O) groups is 2. The Hall–Kier alpha value is -2.82. The van der Waals surface area contributed by atoms with E-state index in [1.165, 1.54) is 0 Å². The molecule has 5 nitrogen and oxygen atoms in total. The van der Waals surface area contributed by atoms with Crippen LogP contribution >= 0.6 is 0 Å². The minimum Gasteiger partial charge on any atom is -0.493 e. The molecule has 0 heterocycles.